The molecule has 2 N–H and O–H groups in total. The molecule has 0 saturated carbocycles. The molecule has 0 saturated heterocycles. The summed E-state index contributed by atoms with van der Waals surface area (Å²) in [6.07, 6.45) is 2.03. The highest BCUT2D eigenvalue weighted by molar-refractivity contribution is 5.80. The maximum atomic E-state index is 9.21. The SMILES string of the molecule is C/C(=C\c1ccc(O)cc1)c1ccc(O)cc1. The Bertz CT molecular complexity index is 522. The van der Waals surface area contributed by atoms with Gasteiger partial charge in [0.05, 0.1) is 0 Å². The van der Waals surface area contributed by atoms with E-state index in [-0.39, 0.29) is 11.5 Å². The normalized spacial score (nSPS) is 11.5. The number of hydrogen-bond acceptors (Lipinski definition) is 2. The lowest BCUT2D eigenvalue weighted by atomic mass is 10.0. The molecular formula is C15H14O2. The van der Waals surface area contributed by atoms with E-state index in [9.17, 15) is 10.2 Å². The molecule has 0 spiro atoms. The van der Waals surface area contributed by atoms with Crippen LogP contribution in [0.1, 0.15) is 18.1 Å². The zero-order valence-corrected chi connectivity index (χ0v) is 9.59. The monoisotopic (exact) mass is 226 g/mol. The Hall–Kier alpha value is -2.22. The second kappa shape index (κ2) is 4.74. The Labute approximate surface area is 100 Å². The van der Waals surface area contributed by atoms with Crippen molar-refractivity contribution in [3.63, 3.8) is 0 Å². The van der Waals surface area contributed by atoms with Crippen LogP contribution in [-0.4, -0.2) is 10.2 Å². The highest BCUT2D eigenvalue weighted by atomic mass is 16.3. The lowest BCUT2D eigenvalue weighted by Gasteiger charge is -2.02. The first-order valence-corrected chi connectivity index (χ1v) is 5.42. The average Bonchev–Trinajstić information content (AvgIpc) is 2.33. The third-order valence-corrected chi connectivity index (χ3v) is 2.60. The topological polar surface area (TPSA) is 40.5 Å². The minimum Gasteiger partial charge on any atom is -0.508 e. The number of phenolic OH excluding ortho intramolecular Hbond substituents is 2. The van der Waals surface area contributed by atoms with E-state index in [1.807, 2.05) is 37.3 Å². The van der Waals surface area contributed by atoms with Crippen molar-refractivity contribution in [3.8, 4) is 11.5 Å². The summed E-state index contributed by atoms with van der Waals surface area (Å²) >= 11 is 0. The molecule has 86 valence electrons. The molecule has 0 heterocycles. The fourth-order valence-corrected chi connectivity index (χ4v) is 1.63. The number of rotatable bonds is 2. The molecule has 0 amide bonds. The number of allylic oxidation sites excluding steroid dienone is 1. The van der Waals surface area contributed by atoms with Gasteiger partial charge in [0.25, 0.3) is 0 Å². The molecule has 17 heavy (non-hydrogen) atoms. The van der Waals surface area contributed by atoms with Gasteiger partial charge in [-0.2, -0.15) is 0 Å². The van der Waals surface area contributed by atoms with E-state index >= 15 is 0 Å². The van der Waals surface area contributed by atoms with Crippen molar-refractivity contribution in [2.24, 2.45) is 0 Å². The quantitative estimate of drug-likeness (QED) is 0.767. The number of phenols is 2. The van der Waals surface area contributed by atoms with E-state index in [0.717, 1.165) is 16.7 Å². The first-order valence-electron chi connectivity index (χ1n) is 5.42. The highest BCUT2D eigenvalue weighted by Crippen LogP contribution is 2.20. The van der Waals surface area contributed by atoms with Crippen LogP contribution in [0.3, 0.4) is 0 Å². The zero-order chi connectivity index (χ0) is 12.3. The standard InChI is InChI=1S/C15H14O2/c1-11(13-4-8-15(17)9-5-13)10-12-2-6-14(16)7-3-12/h2-10,16-17H,1H3/b11-10+. The molecular weight excluding hydrogens is 212 g/mol. The predicted molar refractivity (Wildman–Crippen MR) is 69.8 cm³/mol. The largest absolute Gasteiger partial charge is 0.508 e. The second-order valence-corrected chi connectivity index (χ2v) is 3.97. The number of benzene rings is 2. The van der Waals surface area contributed by atoms with E-state index in [0.29, 0.717) is 0 Å². The van der Waals surface area contributed by atoms with Crippen molar-refractivity contribution in [2.45, 2.75) is 6.92 Å². The van der Waals surface area contributed by atoms with Crippen LogP contribution in [0, 0.1) is 0 Å². The van der Waals surface area contributed by atoms with Crippen molar-refractivity contribution in [2.75, 3.05) is 0 Å². The Balaban J connectivity index is 2.27. The Morgan fingerprint density at radius 2 is 1.29 bits per heavy atom. The Morgan fingerprint density at radius 1 is 0.824 bits per heavy atom. The molecule has 0 atom stereocenters. The van der Waals surface area contributed by atoms with Gasteiger partial charge in [0.15, 0.2) is 0 Å². The first kappa shape index (κ1) is 11.3. The highest BCUT2D eigenvalue weighted by Gasteiger charge is 1.97. The van der Waals surface area contributed by atoms with E-state index in [2.05, 4.69) is 0 Å². The van der Waals surface area contributed by atoms with Crippen LogP contribution in [0.15, 0.2) is 48.5 Å². The van der Waals surface area contributed by atoms with Crippen molar-refractivity contribution in [1.29, 1.82) is 0 Å². The summed E-state index contributed by atoms with van der Waals surface area (Å²) in [5.74, 6) is 0.538. The van der Waals surface area contributed by atoms with E-state index < -0.39 is 0 Å². The molecule has 2 aromatic rings. The maximum Gasteiger partial charge on any atom is 0.115 e. The zero-order valence-electron chi connectivity index (χ0n) is 9.59. The summed E-state index contributed by atoms with van der Waals surface area (Å²) in [6, 6.07) is 14.1. The fraction of sp³-hybridized carbons (Fsp3) is 0.0667. The van der Waals surface area contributed by atoms with Crippen LogP contribution in [0.2, 0.25) is 0 Å². The van der Waals surface area contributed by atoms with E-state index in [4.69, 9.17) is 0 Å². The van der Waals surface area contributed by atoms with Crippen LogP contribution in [0.5, 0.6) is 11.5 Å². The van der Waals surface area contributed by atoms with Gasteiger partial charge in [-0.3, -0.25) is 0 Å². The summed E-state index contributed by atoms with van der Waals surface area (Å²) < 4.78 is 0. The van der Waals surface area contributed by atoms with Crippen molar-refractivity contribution >= 4 is 11.6 Å². The van der Waals surface area contributed by atoms with Crippen molar-refractivity contribution in [1.82, 2.24) is 0 Å². The van der Waals surface area contributed by atoms with E-state index in [1.54, 1.807) is 24.3 Å². The summed E-state index contributed by atoms with van der Waals surface area (Å²) in [5, 5.41) is 18.4. The van der Waals surface area contributed by atoms with Crippen LogP contribution >= 0.6 is 0 Å². The smallest absolute Gasteiger partial charge is 0.115 e. The minimum absolute atomic E-state index is 0.268. The van der Waals surface area contributed by atoms with Gasteiger partial charge in [0, 0.05) is 0 Å². The fourth-order valence-electron chi connectivity index (χ4n) is 1.63. The van der Waals surface area contributed by atoms with Gasteiger partial charge in [0.1, 0.15) is 11.5 Å². The van der Waals surface area contributed by atoms with Crippen LogP contribution in [0.4, 0.5) is 0 Å². The lowest BCUT2D eigenvalue weighted by Crippen LogP contribution is -1.79. The molecule has 2 aromatic carbocycles. The molecule has 0 aromatic heterocycles. The molecule has 2 heteroatoms. The van der Waals surface area contributed by atoms with Gasteiger partial charge < -0.3 is 10.2 Å². The molecule has 0 fully saturated rings. The molecule has 0 radical (unpaired) electrons. The van der Waals surface area contributed by atoms with E-state index in [1.165, 1.54) is 0 Å². The Morgan fingerprint density at radius 3 is 1.82 bits per heavy atom. The van der Waals surface area contributed by atoms with Crippen molar-refractivity contribution in [3.05, 3.63) is 59.7 Å². The molecule has 0 aliphatic heterocycles. The predicted octanol–water partition coefficient (Wildman–Crippen LogP) is 3.66. The van der Waals surface area contributed by atoms with Gasteiger partial charge in [-0.05, 0) is 47.9 Å². The van der Waals surface area contributed by atoms with Gasteiger partial charge in [-0.15, -0.1) is 0 Å². The molecule has 2 nitrogen and oxygen atoms in total. The van der Waals surface area contributed by atoms with Gasteiger partial charge in [-0.1, -0.05) is 30.3 Å². The third kappa shape index (κ3) is 2.88. The third-order valence-electron chi connectivity index (χ3n) is 2.60. The molecule has 0 aliphatic carbocycles. The summed E-state index contributed by atoms with van der Waals surface area (Å²) in [4.78, 5) is 0. The second-order valence-electron chi connectivity index (χ2n) is 3.97. The van der Waals surface area contributed by atoms with Crippen molar-refractivity contribution < 1.29 is 10.2 Å². The van der Waals surface area contributed by atoms with Crippen LogP contribution < -0.4 is 0 Å². The summed E-state index contributed by atoms with van der Waals surface area (Å²) in [7, 11) is 0. The molecule has 2 rings (SSSR count). The average molecular weight is 226 g/mol. The maximum absolute atomic E-state index is 9.21. The molecule has 0 aliphatic rings. The lowest BCUT2D eigenvalue weighted by molar-refractivity contribution is 0.474. The molecule has 0 bridgehead atoms. The Kier molecular flexibility index (Phi) is 3.15. The van der Waals surface area contributed by atoms with Crippen LogP contribution in [-0.2, 0) is 0 Å². The van der Waals surface area contributed by atoms with Gasteiger partial charge in [-0.25, -0.2) is 0 Å². The number of aromatic hydroxyl groups is 2. The molecule has 0 unspecified atom stereocenters. The van der Waals surface area contributed by atoms with Crippen LogP contribution in [0.25, 0.3) is 11.6 Å². The summed E-state index contributed by atoms with van der Waals surface area (Å²) in [5.41, 5.74) is 3.21. The number of hydrogen-bond donors (Lipinski definition) is 2. The van der Waals surface area contributed by atoms with Gasteiger partial charge in [0.2, 0.25) is 0 Å². The first-order chi connectivity index (χ1) is 8.15. The van der Waals surface area contributed by atoms with Gasteiger partial charge >= 0.3 is 0 Å². The summed E-state index contributed by atoms with van der Waals surface area (Å²) in [6.45, 7) is 2.01. The minimum atomic E-state index is 0.268.